The predicted molar refractivity (Wildman–Crippen MR) is 80.3 cm³/mol. The smallest absolute Gasteiger partial charge is 0.269 e. The Morgan fingerprint density at radius 3 is 2.55 bits per heavy atom. The van der Waals surface area contributed by atoms with Crippen LogP contribution in [0.4, 0.5) is 17.2 Å². The molecule has 0 unspecified atom stereocenters. The van der Waals surface area contributed by atoms with Gasteiger partial charge in [0.15, 0.2) is 5.11 Å². The molecule has 0 fully saturated rings. The van der Waals surface area contributed by atoms with Gasteiger partial charge in [-0.15, -0.1) is 0 Å². The molecule has 1 aromatic carbocycles. The second-order valence-electron chi connectivity index (χ2n) is 3.72. The predicted octanol–water partition coefficient (Wildman–Crippen LogP) is 2.30. The molecule has 0 spiro atoms. The first kappa shape index (κ1) is 13.7. The highest BCUT2D eigenvalue weighted by molar-refractivity contribution is 7.80. The lowest BCUT2D eigenvalue weighted by molar-refractivity contribution is -0.384. The number of hydrazine groups is 1. The van der Waals surface area contributed by atoms with Gasteiger partial charge in [-0.3, -0.25) is 21.0 Å². The molecule has 0 atom stereocenters. The molecule has 0 aliphatic carbocycles. The van der Waals surface area contributed by atoms with Crippen LogP contribution in [-0.4, -0.2) is 15.0 Å². The Kier molecular flexibility index (Phi) is 4.40. The highest BCUT2D eigenvalue weighted by atomic mass is 32.1. The number of benzene rings is 1. The molecule has 2 rings (SSSR count). The maximum Gasteiger partial charge on any atom is 0.269 e. The molecule has 0 aliphatic rings. The molecular formula is C12H11N5O2S. The SMILES string of the molecule is O=[N+]([O-])c1ccc(NC(=S)NNc2ccccn2)cc1. The molecule has 1 aromatic heterocycles. The summed E-state index contributed by atoms with van der Waals surface area (Å²) in [4.78, 5) is 14.1. The zero-order valence-corrected chi connectivity index (χ0v) is 11.1. The van der Waals surface area contributed by atoms with Gasteiger partial charge in [0, 0.05) is 24.0 Å². The van der Waals surface area contributed by atoms with Gasteiger partial charge in [-0.1, -0.05) is 6.07 Å². The molecule has 1 heterocycles. The van der Waals surface area contributed by atoms with Crippen LogP contribution in [0.2, 0.25) is 0 Å². The van der Waals surface area contributed by atoms with E-state index in [1.54, 1.807) is 30.5 Å². The molecule has 102 valence electrons. The number of hydrogen-bond donors (Lipinski definition) is 3. The molecule has 0 aliphatic heterocycles. The summed E-state index contributed by atoms with van der Waals surface area (Å²) in [6.45, 7) is 0. The van der Waals surface area contributed by atoms with E-state index in [0.717, 1.165) is 0 Å². The average Bonchev–Trinajstić information content (AvgIpc) is 2.47. The largest absolute Gasteiger partial charge is 0.331 e. The van der Waals surface area contributed by atoms with Crippen LogP contribution in [0.3, 0.4) is 0 Å². The first-order valence-corrected chi connectivity index (χ1v) is 6.04. The van der Waals surface area contributed by atoms with Crippen molar-refractivity contribution in [1.82, 2.24) is 10.4 Å². The van der Waals surface area contributed by atoms with E-state index in [2.05, 4.69) is 21.2 Å². The fourth-order valence-corrected chi connectivity index (χ4v) is 1.56. The topological polar surface area (TPSA) is 92.1 Å². The number of nitro benzene ring substituents is 1. The Morgan fingerprint density at radius 1 is 1.20 bits per heavy atom. The zero-order chi connectivity index (χ0) is 14.4. The molecule has 20 heavy (non-hydrogen) atoms. The van der Waals surface area contributed by atoms with E-state index < -0.39 is 4.92 Å². The molecule has 0 bridgehead atoms. The minimum absolute atomic E-state index is 0.0287. The van der Waals surface area contributed by atoms with Gasteiger partial charge >= 0.3 is 0 Å². The molecule has 0 saturated heterocycles. The summed E-state index contributed by atoms with van der Waals surface area (Å²) < 4.78 is 0. The van der Waals surface area contributed by atoms with Gasteiger partial charge in [0.1, 0.15) is 5.82 Å². The number of non-ortho nitro benzene ring substituents is 1. The minimum atomic E-state index is -0.455. The van der Waals surface area contributed by atoms with Crippen LogP contribution < -0.4 is 16.2 Å². The molecule has 0 radical (unpaired) electrons. The fraction of sp³-hybridized carbons (Fsp3) is 0. The summed E-state index contributed by atoms with van der Waals surface area (Å²) in [5.41, 5.74) is 6.26. The normalized spacial score (nSPS) is 9.60. The third kappa shape index (κ3) is 3.89. The summed E-state index contributed by atoms with van der Waals surface area (Å²) in [7, 11) is 0. The maximum atomic E-state index is 10.5. The van der Waals surface area contributed by atoms with E-state index in [1.165, 1.54) is 12.1 Å². The van der Waals surface area contributed by atoms with E-state index in [0.29, 0.717) is 16.6 Å². The Bertz CT molecular complexity index is 603. The van der Waals surface area contributed by atoms with Gasteiger partial charge in [-0.2, -0.15) is 0 Å². The van der Waals surface area contributed by atoms with Crippen LogP contribution in [0, 0.1) is 10.1 Å². The van der Waals surface area contributed by atoms with Crippen molar-refractivity contribution in [2.75, 3.05) is 10.7 Å². The number of nitro groups is 1. The van der Waals surface area contributed by atoms with E-state index in [-0.39, 0.29) is 5.69 Å². The fourth-order valence-electron chi connectivity index (χ4n) is 1.39. The molecule has 8 heteroatoms. The summed E-state index contributed by atoms with van der Waals surface area (Å²) >= 11 is 5.07. The van der Waals surface area contributed by atoms with E-state index in [4.69, 9.17) is 12.2 Å². The number of nitrogens with zero attached hydrogens (tertiary/aromatic N) is 2. The van der Waals surface area contributed by atoms with Crippen molar-refractivity contribution < 1.29 is 4.92 Å². The van der Waals surface area contributed by atoms with Gasteiger partial charge in [-0.05, 0) is 36.5 Å². The van der Waals surface area contributed by atoms with Crippen molar-refractivity contribution >= 4 is 34.5 Å². The Labute approximate surface area is 120 Å². The number of aromatic nitrogens is 1. The standard InChI is InChI=1S/C12H11N5O2S/c18-17(19)10-6-4-9(5-7-10)14-12(20)16-15-11-3-1-2-8-13-11/h1-8H,(H,13,15)(H2,14,16,20). The molecular weight excluding hydrogens is 278 g/mol. The number of pyridine rings is 1. The average molecular weight is 289 g/mol. The molecule has 7 nitrogen and oxygen atoms in total. The van der Waals surface area contributed by atoms with Crippen molar-refractivity contribution in [2.45, 2.75) is 0 Å². The van der Waals surface area contributed by atoms with Crippen molar-refractivity contribution in [3.8, 4) is 0 Å². The summed E-state index contributed by atoms with van der Waals surface area (Å²) in [6, 6.07) is 11.4. The lowest BCUT2D eigenvalue weighted by atomic mass is 10.3. The van der Waals surface area contributed by atoms with E-state index >= 15 is 0 Å². The summed E-state index contributed by atoms with van der Waals surface area (Å²) in [5, 5.41) is 13.7. The lowest BCUT2D eigenvalue weighted by Gasteiger charge is -2.11. The lowest BCUT2D eigenvalue weighted by Crippen LogP contribution is -2.33. The molecule has 0 saturated carbocycles. The number of nitrogens with one attached hydrogen (secondary N) is 3. The van der Waals surface area contributed by atoms with E-state index in [1.807, 2.05) is 6.07 Å². The van der Waals surface area contributed by atoms with Gasteiger partial charge in [0.2, 0.25) is 0 Å². The monoisotopic (exact) mass is 289 g/mol. The van der Waals surface area contributed by atoms with Gasteiger partial charge in [-0.25, -0.2) is 4.98 Å². The molecule has 0 amide bonds. The van der Waals surface area contributed by atoms with Gasteiger partial charge in [0.05, 0.1) is 4.92 Å². The number of rotatable bonds is 4. The Hall–Kier alpha value is -2.74. The molecule has 3 N–H and O–H groups in total. The third-order valence-electron chi connectivity index (χ3n) is 2.30. The van der Waals surface area contributed by atoms with Gasteiger partial charge in [0.25, 0.3) is 5.69 Å². The van der Waals surface area contributed by atoms with Crippen LogP contribution >= 0.6 is 12.2 Å². The van der Waals surface area contributed by atoms with E-state index in [9.17, 15) is 10.1 Å². The van der Waals surface area contributed by atoms with Crippen molar-refractivity contribution in [3.63, 3.8) is 0 Å². The van der Waals surface area contributed by atoms with Gasteiger partial charge < -0.3 is 5.32 Å². The second kappa shape index (κ2) is 6.43. The maximum absolute atomic E-state index is 10.5. The van der Waals surface area contributed by atoms with Crippen molar-refractivity contribution in [3.05, 3.63) is 58.8 Å². The van der Waals surface area contributed by atoms with Crippen LogP contribution in [-0.2, 0) is 0 Å². The number of hydrogen-bond acceptors (Lipinski definition) is 5. The quantitative estimate of drug-likeness (QED) is 0.452. The van der Waals surface area contributed by atoms with Crippen LogP contribution in [0.15, 0.2) is 48.7 Å². The van der Waals surface area contributed by atoms with Crippen LogP contribution in [0.25, 0.3) is 0 Å². The van der Waals surface area contributed by atoms with Crippen LogP contribution in [0.5, 0.6) is 0 Å². The summed E-state index contributed by atoms with van der Waals surface area (Å²) in [5.74, 6) is 0.625. The highest BCUT2D eigenvalue weighted by Gasteiger charge is 2.04. The highest BCUT2D eigenvalue weighted by Crippen LogP contribution is 2.15. The minimum Gasteiger partial charge on any atom is -0.331 e. The van der Waals surface area contributed by atoms with Crippen molar-refractivity contribution in [1.29, 1.82) is 0 Å². The molecule has 2 aromatic rings. The first-order chi connectivity index (χ1) is 9.65. The second-order valence-corrected chi connectivity index (χ2v) is 4.13. The Balaban J connectivity index is 1.86. The summed E-state index contributed by atoms with van der Waals surface area (Å²) in [6.07, 6.45) is 1.65. The number of thiocarbonyl (C=S) groups is 1. The Morgan fingerprint density at radius 2 is 1.95 bits per heavy atom. The third-order valence-corrected chi connectivity index (χ3v) is 2.51. The zero-order valence-electron chi connectivity index (χ0n) is 10.2. The first-order valence-electron chi connectivity index (χ1n) is 5.63. The van der Waals surface area contributed by atoms with Crippen molar-refractivity contribution in [2.24, 2.45) is 0 Å². The number of anilines is 2. The van der Waals surface area contributed by atoms with Crippen LogP contribution in [0.1, 0.15) is 0 Å².